The molecule has 15 heteroatoms. The molecule has 0 aromatic carbocycles. The average molecular weight is 747 g/mol. The maximum atomic E-state index is 14.4. The number of carbonyl (C=O) groups is 5. The van der Waals surface area contributed by atoms with Crippen LogP contribution in [0.5, 0.6) is 0 Å². The lowest BCUT2D eigenvalue weighted by atomic mass is 9.85. The maximum absolute atomic E-state index is 14.4. The highest BCUT2D eigenvalue weighted by molar-refractivity contribution is 7.89. The molecule has 13 nitrogen and oxygen atoms in total. The van der Waals surface area contributed by atoms with Crippen LogP contribution in [0.25, 0.3) is 0 Å². The molecule has 1 saturated heterocycles. The van der Waals surface area contributed by atoms with Gasteiger partial charge < -0.3 is 26.2 Å². The molecule has 282 valence electrons. The van der Waals surface area contributed by atoms with E-state index in [-0.39, 0.29) is 55.8 Å². The molecule has 51 heavy (non-hydrogen) atoms. The summed E-state index contributed by atoms with van der Waals surface area (Å²) in [5.74, 6) is -0.309. The van der Waals surface area contributed by atoms with Crippen LogP contribution in [0.1, 0.15) is 79.5 Å². The topological polar surface area (TPSA) is 174 Å². The molecule has 2 aliphatic rings. The summed E-state index contributed by atoms with van der Waals surface area (Å²) in [6.45, 7) is 19.2. The van der Waals surface area contributed by atoms with Gasteiger partial charge in [-0.1, -0.05) is 61.5 Å². The van der Waals surface area contributed by atoms with Crippen molar-refractivity contribution in [3.05, 3.63) is 29.0 Å². The number of urea groups is 1. The number of nitrogens with one attached hydrogen (secondary N) is 4. The van der Waals surface area contributed by atoms with Crippen molar-refractivity contribution in [1.82, 2.24) is 30.5 Å². The van der Waals surface area contributed by atoms with Crippen LogP contribution < -0.4 is 21.3 Å². The minimum Gasteiger partial charge on any atom is -0.346 e. The zero-order valence-electron chi connectivity index (χ0n) is 31.0. The molecule has 1 aromatic rings. The van der Waals surface area contributed by atoms with Gasteiger partial charge in [-0.3, -0.25) is 19.2 Å². The van der Waals surface area contributed by atoms with Crippen LogP contribution >= 0.6 is 11.3 Å². The first-order valence-corrected chi connectivity index (χ1v) is 19.6. The number of Topliss-reactive ketones (excluding diaryl/α,β-unsaturated/α-hetero) is 1. The molecule has 1 aromatic heterocycles. The quantitative estimate of drug-likeness (QED) is 0.129. The van der Waals surface area contributed by atoms with E-state index < -0.39 is 74.6 Å². The van der Waals surface area contributed by atoms with Crippen LogP contribution in [0.2, 0.25) is 0 Å². The Morgan fingerprint density at radius 2 is 1.75 bits per heavy atom. The minimum absolute atomic E-state index is 0.0321. The number of fused-ring (bicyclic) bond motifs is 1. The van der Waals surface area contributed by atoms with E-state index >= 15 is 0 Å². The molecule has 0 saturated carbocycles. The molecule has 4 N–H and O–H groups in total. The van der Waals surface area contributed by atoms with Crippen LogP contribution in [-0.4, -0.2) is 91.0 Å². The van der Waals surface area contributed by atoms with Crippen molar-refractivity contribution in [3.63, 3.8) is 0 Å². The van der Waals surface area contributed by atoms with Gasteiger partial charge in [0.05, 0.1) is 10.9 Å². The fourth-order valence-corrected chi connectivity index (χ4v) is 9.05. The second kappa shape index (κ2) is 16.7. The van der Waals surface area contributed by atoms with Gasteiger partial charge in [-0.2, -0.15) is 4.31 Å². The number of nitrogens with zero attached hydrogens (tertiary/aromatic N) is 2. The average Bonchev–Trinajstić information content (AvgIpc) is 3.75. The maximum Gasteiger partial charge on any atom is 0.315 e. The van der Waals surface area contributed by atoms with Crippen LogP contribution in [0.4, 0.5) is 4.79 Å². The molecule has 0 aliphatic carbocycles. The number of carbonyl (C=O) groups excluding carboxylic acids is 5. The number of ketones is 1. The second-order valence-electron chi connectivity index (χ2n) is 15.8. The van der Waals surface area contributed by atoms with Crippen molar-refractivity contribution in [2.24, 2.45) is 22.7 Å². The molecule has 5 atom stereocenters. The van der Waals surface area contributed by atoms with Gasteiger partial charge in [0.1, 0.15) is 12.1 Å². The van der Waals surface area contributed by atoms with Crippen molar-refractivity contribution >= 4 is 50.9 Å². The fourth-order valence-electron chi connectivity index (χ4n) is 6.12. The Bertz CT molecular complexity index is 1630. The minimum atomic E-state index is -3.70. The third kappa shape index (κ3) is 10.2. The summed E-state index contributed by atoms with van der Waals surface area (Å²) < 4.78 is 27.8. The Morgan fingerprint density at radius 1 is 1.08 bits per heavy atom. The van der Waals surface area contributed by atoms with Crippen molar-refractivity contribution < 1.29 is 32.4 Å². The predicted molar refractivity (Wildman–Crippen MR) is 197 cm³/mol. The van der Waals surface area contributed by atoms with Crippen LogP contribution in [0, 0.1) is 35.0 Å². The number of sulfonamides is 1. The normalized spacial score (nSPS) is 20.4. The highest BCUT2D eigenvalue weighted by atomic mass is 32.2. The van der Waals surface area contributed by atoms with E-state index in [9.17, 15) is 32.4 Å². The lowest BCUT2D eigenvalue weighted by Crippen LogP contribution is -2.61. The number of terminal acetylenes is 1. The Hall–Kier alpha value is -3.74. The molecule has 0 bridgehead atoms. The zero-order chi connectivity index (χ0) is 38.5. The number of hydrogen-bond acceptors (Lipinski definition) is 8. The number of rotatable bonds is 14. The van der Waals surface area contributed by atoms with Gasteiger partial charge in [-0.25, -0.2) is 13.2 Å². The summed E-state index contributed by atoms with van der Waals surface area (Å²) in [6, 6.07) is -2.93. The Kier molecular flexibility index (Phi) is 13.7. The van der Waals surface area contributed by atoms with E-state index in [4.69, 9.17) is 6.42 Å². The van der Waals surface area contributed by atoms with Gasteiger partial charge in [0.15, 0.2) is 0 Å². The van der Waals surface area contributed by atoms with Crippen LogP contribution in [-0.2, 0) is 35.7 Å². The highest BCUT2D eigenvalue weighted by Crippen LogP contribution is 2.36. The molecule has 1 unspecified atom stereocenters. The summed E-state index contributed by atoms with van der Waals surface area (Å²) >= 11 is 1.37. The van der Waals surface area contributed by atoms with E-state index in [1.807, 2.05) is 34.6 Å². The van der Waals surface area contributed by atoms with E-state index in [2.05, 4.69) is 33.8 Å². The third-order valence-electron chi connectivity index (χ3n) is 9.47. The number of likely N-dealkylation sites (tertiary alicyclic amines) is 1. The fraction of sp³-hybridized carbons (Fsp3) is 0.639. The Balaban J connectivity index is 1.83. The first-order valence-electron chi connectivity index (χ1n) is 17.2. The van der Waals surface area contributed by atoms with Gasteiger partial charge in [-0.15, -0.1) is 30.3 Å². The molecule has 0 radical (unpaired) electrons. The molecular weight excluding hydrogens is 693 g/mol. The lowest BCUT2D eigenvalue weighted by molar-refractivity contribution is -0.143. The Labute approximate surface area is 306 Å². The van der Waals surface area contributed by atoms with Crippen LogP contribution in [0.3, 0.4) is 0 Å². The molecule has 5 amide bonds. The standard InChI is InChI=1S/C36H54N6O7S2/c1-11-13-14-24(29(43)32(45)37-16-12-2)38-31(44)25-18-23(22(3)4)19-42(25)33(46)30(36(8,9)10)40-34(47)39-28(35(5,6)7)21-41-20-26-27(15-17-50-26)51(41,48)49/h1,12,15,17,22-25,28,30H,2,13-14,16,18-21H2,3-10H3,(H,37,45)(H,38,44)(H2,39,40,47)/t23-,24?,25+,28-,30-/m1/s1. The molecule has 2 aliphatic heterocycles. The second-order valence-corrected chi connectivity index (χ2v) is 18.7. The van der Waals surface area contributed by atoms with Gasteiger partial charge in [-0.05, 0) is 47.0 Å². The van der Waals surface area contributed by atoms with E-state index in [1.54, 1.807) is 32.2 Å². The van der Waals surface area contributed by atoms with Crippen molar-refractivity contribution in [1.29, 1.82) is 0 Å². The first-order chi connectivity index (χ1) is 23.6. The molecule has 0 spiro atoms. The number of hydrogen-bond donors (Lipinski definition) is 4. The summed E-state index contributed by atoms with van der Waals surface area (Å²) in [4.78, 5) is 69.9. The van der Waals surface area contributed by atoms with Gasteiger partial charge in [0, 0.05) is 43.5 Å². The van der Waals surface area contributed by atoms with Gasteiger partial charge in [0.2, 0.25) is 27.6 Å². The SMILES string of the molecule is C#CCCC(NC(=O)[C@@H]1C[C@@H](C(C)C)CN1C(=O)[C@@H](NC(=O)N[C@H](CN1Cc2sccc2S1(=O)=O)C(C)(C)C)C(C)(C)C)C(=O)C(=O)NCC=C. The van der Waals surface area contributed by atoms with Crippen molar-refractivity contribution in [2.45, 2.75) is 110 Å². The summed E-state index contributed by atoms with van der Waals surface area (Å²) in [5.41, 5.74) is -1.35. The Morgan fingerprint density at radius 3 is 2.29 bits per heavy atom. The zero-order valence-corrected chi connectivity index (χ0v) is 32.6. The monoisotopic (exact) mass is 746 g/mol. The first kappa shape index (κ1) is 41.7. The number of amides is 5. The predicted octanol–water partition coefficient (Wildman–Crippen LogP) is 3.02. The molecular formula is C36H54N6O7S2. The van der Waals surface area contributed by atoms with E-state index in [0.717, 1.165) is 4.88 Å². The molecule has 3 rings (SSSR count). The van der Waals surface area contributed by atoms with Crippen molar-refractivity contribution in [2.75, 3.05) is 19.6 Å². The largest absolute Gasteiger partial charge is 0.346 e. The van der Waals surface area contributed by atoms with Crippen LogP contribution in [0.15, 0.2) is 29.0 Å². The van der Waals surface area contributed by atoms with Gasteiger partial charge in [0.25, 0.3) is 5.91 Å². The van der Waals surface area contributed by atoms with E-state index in [0.29, 0.717) is 6.42 Å². The molecule has 1 fully saturated rings. The summed E-state index contributed by atoms with van der Waals surface area (Å²) in [5, 5.41) is 12.6. The highest BCUT2D eigenvalue weighted by Gasteiger charge is 2.47. The summed E-state index contributed by atoms with van der Waals surface area (Å²) in [6.07, 6.45) is 7.33. The lowest BCUT2D eigenvalue weighted by Gasteiger charge is -2.37. The smallest absolute Gasteiger partial charge is 0.315 e. The third-order valence-corrected chi connectivity index (χ3v) is 12.4. The summed E-state index contributed by atoms with van der Waals surface area (Å²) in [7, 11) is -3.70. The molecule has 3 heterocycles. The van der Waals surface area contributed by atoms with Crippen molar-refractivity contribution in [3.8, 4) is 12.3 Å². The van der Waals surface area contributed by atoms with Gasteiger partial charge >= 0.3 is 6.03 Å². The van der Waals surface area contributed by atoms with E-state index in [1.165, 1.54) is 26.6 Å². The number of thiophene rings is 1.